The van der Waals surface area contributed by atoms with E-state index in [2.05, 4.69) is 4.90 Å². The molecule has 1 unspecified atom stereocenters. The number of carbonyl (C=O) groups is 1. The van der Waals surface area contributed by atoms with E-state index in [-0.39, 0.29) is 5.92 Å². The SMILES string of the molecule is COc1ccc(N2CCCC(C=O)C2)cc1OC. The fraction of sp³-hybridized carbons (Fsp3) is 0.500. The lowest BCUT2D eigenvalue weighted by Crippen LogP contribution is -2.35. The van der Waals surface area contributed by atoms with Crippen molar-refractivity contribution in [1.82, 2.24) is 0 Å². The topological polar surface area (TPSA) is 38.8 Å². The van der Waals surface area contributed by atoms with Crippen LogP contribution in [0.1, 0.15) is 12.8 Å². The number of nitrogens with zero attached hydrogens (tertiary/aromatic N) is 1. The lowest BCUT2D eigenvalue weighted by atomic mass is 9.99. The summed E-state index contributed by atoms with van der Waals surface area (Å²) in [5.74, 6) is 1.60. The second-order valence-electron chi connectivity index (χ2n) is 4.52. The van der Waals surface area contributed by atoms with Crippen LogP contribution in [0.2, 0.25) is 0 Å². The zero-order valence-electron chi connectivity index (χ0n) is 10.9. The summed E-state index contributed by atoms with van der Waals surface area (Å²) in [6.07, 6.45) is 3.11. The van der Waals surface area contributed by atoms with Gasteiger partial charge < -0.3 is 19.2 Å². The van der Waals surface area contributed by atoms with E-state index in [1.807, 2.05) is 18.2 Å². The van der Waals surface area contributed by atoms with Gasteiger partial charge in [0.15, 0.2) is 11.5 Å². The van der Waals surface area contributed by atoms with Gasteiger partial charge in [-0.05, 0) is 25.0 Å². The summed E-state index contributed by atoms with van der Waals surface area (Å²) in [4.78, 5) is 13.1. The van der Waals surface area contributed by atoms with Crippen LogP contribution in [0.4, 0.5) is 5.69 Å². The summed E-state index contributed by atoms with van der Waals surface area (Å²) >= 11 is 0. The molecule has 1 atom stereocenters. The van der Waals surface area contributed by atoms with Crippen LogP contribution < -0.4 is 14.4 Å². The number of hydrogen-bond acceptors (Lipinski definition) is 4. The number of hydrogen-bond donors (Lipinski definition) is 0. The molecule has 1 heterocycles. The van der Waals surface area contributed by atoms with Gasteiger partial charge in [-0.15, -0.1) is 0 Å². The molecule has 0 N–H and O–H groups in total. The highest BCUT2D eigenvalue weighted by atomic mass is 16.5. The van der Waals surface area contributed by atoms with Gasteiger partial charge in [0.25, 0.3) is 0 Å². The lowest BCUT2D eigenvalue weighted by Gasteiger charge is -2.32. The second-order valence-corrected chi connectivity index (χ2v) is 4.52. The van der Waals surface area contributed by atoms with E-state index in [1.165, 1.54) is 0 Å². The molecule has 1 aliphatic heterocycles. The monoisotopic (exact) mass is 249 g/mol. The highest BCUT2D eigenvalue weighted by Crippen LogP contribution is 2.32. The fourth-order valence-electron chi connectivity index (χ4n) is 2.38. The van der Waals surface area contributed by atoms with Gasteiger partial charge >= 0.3 is 0 Å². The minimum atomic E-state index is 0.145. The van der Waals surface area contributed by atoms with Gasteiger partial charge in [0.2, 0.25) is 0 Å². The van der Waals surface area contributed by atoms with E-state index in [9.17, 15) is 4.79 Å². The average molecular weight is 249 g/mol. The first kappa shape index (κ1) is 12.7. The number of methoxy groups -OCH3 is 2. The van der Waals surface area contributed by atoms with Gasteiger partial charge in [-0.1, -0.05) is 0 Å². The molecular weight excluding hydrogens is 230 g/mol. The molecule has 1 aromatic rings. The molecule has 18 heavy (non-hydrogen) atoms. The molecule has 0 amide bonds. The molecule has 1 saturated heterocycles. The summed E-state index contributed by atoms with van der Waals surface area (Å²) in [7, 11) is 3.26. The molecule has 0 aromatic heterocycles. The third-order valence-electron chi connectivity index (χ3n) is 3.38. The van der Waals surface area contributed by atoms with Crippen LogP contribution in [0.25, 0.3) is 0 Å². The van der Waals surface area contributed by atoms with Crippen LogP contribution in [0.15, 0.2) is 18.2 Å². The van der Waals surface area contributed by atoms with Gasteiger partial charge in [-0.3, -0.25) is 0 Å². The second kappa shape index (κ2) is 5.76. The van der Waals surface area contributed by atoms with E-state index < -0.39 is 0 Å². The Morgan fingerprint density at radius 3 is 2.72 bits per heavy atom. The van der Waals surface area contributed by atoms with Crippen LogP contribution in [0.3, 0.4) is 0 Å². The molecular formula is C14H19NO3. The first-order valence-corrected chi connectivity index (χ1v) is 6.20. The maximum absolute atomic E-state index is 10.9. The molecule has 0 saturated carbocycles. The first-order valence-electron chi connectivity index (χ1n) is 6.20. The Labute approximate surface area is 107 Å². The van der Waals surface area contributed by atoms with Crippen molar-refractivity contribution in [2.75, 3.05) is 32.2 Å². The van der Waals surface area contributed by atoms with Crippen LogP contribution in [-0.2, 0) is 4.79 Å². The molecule has 4 nitrogen and oxygen atoms in total. The normalized spacial score (nSPS) is 19.4. The van der Waals surface area contributed by atoms with Gasteiger partial charge in [0.1, 0.15) is 6.29 Å². The summed E-state index contributed by atoms with van der Waals surface area (Å²) in [5.41, 5.74) is 1.08. The minimum Gasteiger partial charge on any atom is -0.493 e. The average Bonchev–Trinajstić information content (AvgIpc) is 2.46. The third-order valence-corrected chi connectivity index (χ3v) is 3.38. The molecule has 0 radical (unpaired) electrons. The largest absolute Gasteiger partial charge is 0.493 e. The lowest BCUT2D eigenvalue weighted by molar-refractivity contribution is -0.111. The predicted octanol–water partition coefficient (Wildman–Crippen LogP) is 2.12. The van der Waals surface area contributed by atoms with E-state index in [0.717, 1.165) is 49.4 Å². The summed E-state index contributed by atoms with van der Waals surface area (Å²) in [6, 6.07) is 5.87. The predicted molar refractivity (Wildman–Crippen MR) is 70.5 cm³/mol. The van der Waals surface area contributed by atoms with Crippen LogP contribution in [0, 0.1) is 5.92 Å². The number of benzene rings is 1. The van der Waals surface area contributed by atoms with E-state index in [1.54, 1.807) is 14.2 Å². The van der Waals surface area contributed by atoms with Crippen molar-refractivity contribution < 1.29 is 14.3 Å². The Morgan fingerprint density at radius 1 is 1.28 bits per heavy atom. The van der Waals surface area contributed by atoms with Crippen molar-refractivity contribution >= 4 is 12.0 Å². The summed E-state index contributed by atoms with van der Waals surface area (Å²) < 4.78 is 10.5. The van der Waals surface area contributed by atoms with Gasteiger partial charge in [-0.25, -0.2) is 0 Å². The Balaban J connectivity index is 2.19. The number of aldehydes is 1. The fourth-order valence-corrected chi connectivity index (χ4v) is 2.38. The van der Waals surface area contributed by atoms with Crippen molar-refractivity contribution in [2.45, 2.75) is 12.8 Å². The Bertz CT molecular complexity index is 420. The maximum Gasteiger partial charge on any atom is 0.162 e. The van der Waals surface area contributed by atoms with E-state index in [4.69, 9.17) is 9.47 Å². The molecule has 0 aliphatic carbocycles. The third kappa shape index (κ3) is 2.58. The quantitative estimate of drug-likeness (QED) is 0.766. The molecule has 98 valence electrons. The zero-order valence-corrected chi connectivity index (χ0v) is 10.9. The van der Waals surface area contributed by atoms with E-state index in [0.29, 0.717) is 0 Å². The van der Waals surface area contributed by atoms with E-state index >= 15 is 0 Å². The number of carbonyl (C=O) groups excluding carboxylic acids is 1. The smallest absolute Gasteiger partial charge is 0.162 e. The highest BCUT2D eigenvalue weighted by molar-refractivity contribution is 5.60. The van der Waals surface area contributed by atoms with Crippen molar-refractivity contribution in [1.29, 1.82) is 0 Å². The molecule has 0 bridgehead atoms. The van der Waals surface area contributed by atoms with Crippen molar-refractivity contribution in [3.8, 4) is 11.5 Å². The summed E-state index contributed by atoms with van der Waals surface area (Å²) in [5, 5.41) is 0. The molecule has 1 aliphatic rings. The molecule has 4 heteroatoms. The zero-order chi connectivity index (χ0) is 13.0. The number of piperidine rings is 1. The van der Waals surface area contributed by atoms with Crippen LogP contribution >= 0.6 is 0 Å². The first-order chi connectivity index (χ1) is 8.78. The van der Waals surface area contributed by atoms with Gasteiger partial charge in [-0.2, -0.15) is 0 Å². The molecule has 0 spiro atoms. The Hall–Kier alpha value is -1.71. The number of rotatable bonds is 4. The van der Waals surface area contributed by atoms with Gasteiger partial charge in [0.05, 0.1) is 14.2 Å². The standard InChI is InChI=1S/C14H19NO3/c1-17-13-6-5-12(8-14(13)18-2)15-7-3-4-11(9-15)10-16/h5-6,8,10-11H,3-4,7,9H2,1-2H3. The Kier molecular flexibility index (Phi) is 4.07. The summed E-state index contributed by atoms with van der Waals surface area (Å²) in [6.45, 7) is 1.78. The maximum atomic E-state index is 10.9. The highest BCUT2D eigenvalue weighted by Gasteiger charge is 2.20. The van der Waals surface area contributed by atoms with Crippen LogP contribution in [-0.4, -0.2) is 33.6 Å². The molecule has 1 fully saturated rings. The Morgan fingerprint density at radius 2 is 2.06 bits per heavy atom. The molecule has 1 aromatic carbocycles. The van der Waals surface area contributed by atoms with Crippen molar-refractivity contribution in [2.24, 2.45) is 5.92 Å². The van der Waals surface area contributed by atoms with Crippen LogP contribution in [0.5, 0.6) is 11.5 Å². The van der Waals surface area contributed by atoms with Crippen molar-refractivity contribution in [3.05, 3.63) is 18.2 Å². The number of anilines is 1. The molecule has 2 rings (SSSR count). The van der Waals surface area contributed by atoms with Gasteiger partial charge in [0, 0.05) is 30.8 Å². The van der Waals surface area contributed by atoms with Crippen molar-refractivity contribution in [3.63, 3.8) is 0 Å². The number of ether oxygens (including phenoxy) is 2. The minimum absolute atomic E-state index is 0.145.